The maximum Gasteiger partial charge on any atom is 0.329 e. The average Bonchev–Trinajstić information content (AvgIpc) is 2.51. The average molecular weight is 362 g/mol. The number of phenols is 1. The molecule has 0 saturated heterocycles. The molecule has 25 heavy (non-hydrogen) atoms. The molecule has 5 nitrogen and oxygen atoms in total. The second kappa shape index (κ2) is 8.21. The highest BCUT2D eigenvalue weighted by Crippen LogP contribution is 2.35. The van der Waals surface area contributed by atoms with Crippen LogP contribution in [0.5, 0.6) is 5.75 Å². The van der Waals surface area contributed by atoms with Gasteiger partial charge in [0, 0.05) is 12.0 Å². The molecule has 2 N–H and O–H groups in total. The van der Waals surface area contributed by atoms with Crippen LogP contribution in [0, 0.1) is 11.5 Å². The van der Waals surface area contributed by atoms with Crippen molar-refractivity contribution in [1.29, 1.82) is 0 Å². The van der Waals surface area contributed by atoms with Crippen molar-refractivity contribution in [3.63, 3.8) is 0 Å². The predicted molar refractivity (Wildman–Crippen MR) is 101 cm³/mol. The van der Waals surface area contributed by atoms with Crippen LogP contribution in [0.2, 0.25) is 18.1 Å². The molecule has 0 aromatic heterocycles. The molecule has 0 radical (unpaired) electrons. The Hall–Kier alpha value is -2.26. The van der Waals surface area contributed by atoms with Gasteiger partial charge in [-0.3, -0.25) is 4.79 Å². The summed E-state index contributed by atoms with van der Waals surface area (Å²) in [5.41, 5.74) is 3.59. The summed E-state index contributed by atoms with van der Waals surface area (Å²) in [5, 5.41) is 12.2. The Bertz CT molecular complexity index is 695. The normalized spacial score (nSPS) is 12.6. The van der Waals surface area contributed by atoms with E-state index in [2.05, 4.69) is 50.6 Å². The molecule has 1 atom stereocenters. The number of rotatable bonds is 4. The molecule has 1 aromatic carbocycles. The summed E-state index contributed by atoms with van der Waals surface area (Å²) in [6.45, 7) is 10.8. The van der Waals surface area contributed by atoms with Crippen LogP contribution in [-0.2, 0) is 9.53 Å². The van der Waals surface area contributed by atoms with Gasteiger partial charge in [0.1, 0.15) is 19.9 Å². The van der Waals surface area contributed by atoms with Crippen molar-refractivity contribution in [1.82, 2.24) is 5.32 Å². The molecule has 0 aliphatic heterocycles. The number of hydrogen-bond acceptors (Lipinski definition) is 4. The standard InChI is InChI=1S/C19H27NO4Si/c1-19(2,3)25(5,6)12-8-11-16(18(23)24-4)20-17(22)14-9-7-10-15(21)13-14/h7,9-10,13,16,21H,11H2,1-6H3,(H,20,22)/t16-/m0/s1. The summed E-state index contributed by atoms with van der Waals surface area (Å²) in [5.74, 6) is 2.05. The first-order valence-electron chi connectivity index (χ1n) is 8.15. The fourth-order valence-electron chi connectivity index (χ4n) is 1.79. The van der Waals surface area contributed by atoms with Crippen LogP contribution in [0.3, 0.4) is 0 Å². The molecule has 0 bridgehead atoms. The van der Waals surface area contributed by atoms with Gasteiger partial charge in [-0.2, -0.15) is 0 Å². The predicted octanol–water partition coefficient (Wildman–Crippen LogP) is 3.10. The minimum absolute atomic E-state index is 0.0139. The summed E-state index contributed by atoms with van der Waals surface area (Å²) < 4.78 is 4.76. The number of nitrogens with one attached hydrogen (secondary N) is 1. The van der Waals surface area contributed by atoms with Gasteiger partial charge in [-0.15, -0.1) is 11.5 Å². The second-order valence-electron chi connectivity index (χ2n) is 7.48. The van der Waals surface area contributed by atoms with Crippen molar-refractivity contribution in [2.75, 3.05) is 7.11 Å². The van der Waals surface area contributed by atoms with E-state index < -0.39 is 26.0 Å². The second-order valence-corrected chi connectivity index (χ2v) is 12.5. The third kappa shape index (κ3) is 5.95. The zero-order chi connectivity index (χ0) is 19.3. The number of amides is 1. The molecule has 0 fully saturated rings. The van der Waals surface area contributed by atoms with Gasteiger partial charge in [-0.05, 0) is 23.2 Å². The maximum absolute atomic E-state index is 12.3. The number of hydrogen-bond donors (Lipinski definition) is 2. The van der Waals surface area contributed by atoms with E-state index in [1.807, 2.05) is 0 Å². The smallest absolute Gasteiger partial charge is 0.329 e. The molecular formula is C19H27NO4Si. The number of methoxy groups -OCH3 is 1. The monoisotopic (exact) mass is 361 g/mol. The molecular weight excluding hydrogens is 334 g/mol. The molecule has 1 rings (SSSR count). The van der Waals surface area contributed by atoms with Crippen molar-refractivity contribution < 1.29 is 19.4 Å². The van der Waals surface area contributed by atoms with Crippen molar-refractivity contribution in [3.8, 4) is 17.2 Å². The van der Waals surface area contributed by atoms with E-state index in [9.17, 15) is 14.7 Å². The fraction of sp³-hybridized carbons (Fsp3) is 0.474. The lowest BCUT2D eigenvalue weighted by Gasteiger charge is -2.31. The van der Waals surface area contributed by atoms with Gasteiger partial charge in [0.15, 0.2) is 0 Å². The van der Waals surface area contributed by atoms with E-state index in [1.165, 1.54) is 19.2 Å². The lowest BCUT2D eigenvalue weighted by Crippen LogP contribution is -2.41. The van der Waals surface area contributed by atoms with E-state index in [-0.39, 0.29) is 22.8 Å². The first-order chi connectivity index (χ1) is 11.5. The van der Waals surface area contributed by atoms with Crippen LogP contribution in [0.25, 0.3) is 0 Å². The van der Waals surface area contributed by atoms with Crippen LogP contribution < -0.4 is 5.32 Å². The molecule has 1 aromatic rings. The highest BCUT2D eigenvalue weighted by molar-refractivity contribution is 6.87. The Morgan fingerprint density at radius 3 is 2.48 bits per heavy atom. The van der Waals surface area contributed by atoms with Crippen molar-refractivity contribution in [2.45, 2.75) is 51.4 Å². The third-order valence-corrected chi connectivity index (χ3v) is 9.03. The Labute approximate surface area is 150 Å². The summed E-state index contributed by atoms with van der Waals surface area (Å²) >= 11 is 0. The number of phenolic OH excluding ortho intramolecular Hbond substituents is 1. The van der Waals surface area contributed by atoms with Gasteiger partial charge in [-0.25, -0.2) is 4.79 Å². The van der Waals surface area contributed by atoms with Gasteiger partial charge >= 0.3 is 5.97 Å². The van der Waals surface area contributed by atoms with E-state index in [0.29, 0.717) is 0 Å². The number of benzene rings is 1. The molecule has 0 heterocycles. The number of carbonyl (C=O) groups excluding carboxylic acids is 2. The van der Waals surface area contributed by atoms with Crippen molar-refractivity contribution in [2.24, 2.45) is 0 Å². The highest BCUT2D eigenvalue weighted by Gasteiger charge is 2.33. The first-order valence-corrected chi connectivity index (χ1v) is 11.2. The Morgan fingerprint density at radius 2 is 1.96 bits per heavy atom. The summed E-state index contributed by atoms with van der Waals surface area (Å²) in [6, 6.07) is 5.08. The molecule has 1 amide bonds. The minimum Gasteiger partial charge on any atom is -0.508 e. The van der Waals surface area contributed by atoms with Crippen LogP contribution >= 0.6 is 0 Å². The molecule has 6 heteroatoms. The van der Waals surface area contributed by atoms with Gasteiger partial charge in [0.05, 0.1) is 7.11 Å². The topological polar surface area (TPSA) is 75.6 Å². The molecule has 0 unspecified atom stereocenters. The van der Waals surface area contributed by atoms with Gasteiger partial charge in [0.25, 0.3) is 5.91 Å². The number of aromatic hydroxyl groups is 1. The maximum atomic E-state index is 12.3. The van der Waals surface area contributed by atoms with E-state index in [1.54, 1.807) is 12.1 Å². The SMILES string of the molecule is COC(=O)[C@H](CC#C[Si](C)(C)C(C)(C)C)NC(=O)c1cccc(O)c1. The number of carbonyl (C=O) groups is 2. The van der Waals surface area contributed by atoms with E-state index >= 15 is 0 Å². The quantitative estimate of drug-likeness (QED) is 0.491. The summed E-state index contributed by atoms with van der Waals surface area (Å²) in [7, 11) is -0.512. The molecule has 0 aliphatic carbocycles. The molecule has 0 spiro atoms. The number of esters is 1. The first kappa shape index (κ1) is 20.8. The molecule has 0 aliphatic rings. The van der Waals surface area contributed by atoms with Gasteiger partial charge < -0.3 is 15.2 Å². The zero-order valence-corrected chi connectivity index (χ0v) is 16.8. The molecule has 136 valence electrons. The van der Waals surface area contributed by atoms with Crippen LogP contribution in [0.15, 0.2) is 24.3 Å². The number of ether oxygens (including phenoxy) is 1. The summed E-state index contributed by atoms with van der Waals surface area (Å²) in [4.78, 5) is 24.2. The van der Waals surface area contributed by atoms with Crippen LogP contribution in [0.1, 0.15) is 37.6 Å². The zero-order valence-electron chi connectivity index (χ0n) is 15.8. The minimum atomic E-state index is -1.79. The third-order valence-electron chi connectivity index (χ3n) is 4.48. The van der Waals surface area contributed by atoms with Crippen LogP contribution in [0.4, 0.5) is 0 Å². The largest absolute Gasteiger partial charge is 0.508 e. The highest BCUT2D eigenvalue weighted by atomic mass is 28.3. The lowest BCUT2D eigenvalue weighted by atomic mass is 10.1. The Morgan fingerprint density at radius 1 is 1.32 bits per heavy atom. The summed E-state index contributed by atoms with van der Waals surface area (Å²) in [6.07, 6.45) is 0.184. The van der Waals surface area contributed by atoms with Gasteiger partial charge in [0.2, 0.25) is 0 Å². The van der Waals surface area contributed by atoms with Crippen molar-refractivity contribution in [3.05, 3.63) is 29.8 Å². The van der Waals surface area contributed by atoms with E-state index in [4.69, 9.17) is 4.74 Å². The van der Waals surface area contributed by atoms with E-state index in [0.717, 1.165) is 0 Å². The van der Waals surface area contributed by atoms with Gasteiger partial charge in [-0.1, -0.05) is 39.9 Å². The Kier molecular flexibility index (Phi) is 6.83. The van der Waals surface area contributed by atoms with Crippen molar-refractivity contribution >= 4 is 20.0 Å². The lowest BCUT2D eigenvalue weighted by molar-refractivity contribution is -0.142. The molecule has 0 saturated carbocycles. The van der Waals surface area contributed by atoms with Crippen LogP contribution in [-0.4, -0.2) is 38.2 Å². The fourth-order valence-corrected chi connectivity index (χ4v) is 2.70. The Balaban J connectivity index is 2.90.